The Labute approximate surface area is 151 Å². The van der Waals surface area contributed by atoms with E-state index in [2.05, 4.69) is 0 Å². The molecular weight excluding hydrogens is 336 g/mol. The second-order valence-corrected chi connectivity index (χ2v) is 6.91. The largest absolute Gasteiger partial charge is 0.481 e. The van der Waals surface area contributed by atoms with Crippen LogP contribution in [0, 0.1) is 6.92 Å². The lowest BCUT2D eigenvalue weighted by atomic mass is 9.98. The van der Waals surface area contributed by atoms with E-state index in [4.69, 9.17) is 5.11 Å². The number of carboxylic acid groups (broad SMARTS) is 1. The van der Waals surface area contributed by atoms with Crippen LogP contribution in [0.4, 0.5) is 0 Å². The van der Waals surface area contributed by atoms with Gasteiger partial charge in [-0.05, 0) is 44.7 Å². The first-order chi connectivity index (χ1) is 12.4. The molecule has 2 aliphatic rings. The molecule has 2 aliphatic heterocycles. The molecule has 1 aromatic carbocycles. The number of piperidine rings is 1. The molecule has 26 heavy (non-hydrogen) atoms. The summed E-state index contributed by atoms with van der Waals surface area (Å²) in [6, 6.07) is 4.90. The summed E-state index contributed by atoms with van der Waals surface area (Å²) in [5.41, 5.74) is 1.54. The zero-order valence-corrected chi connectivity index (χ0v) is 14.7. The number of fused-ring (bicyclic) bond motifs is 1. The van der Waals surface area contributed by atoms with E-state index < -0.39 is 17.8 Å². The van der Waals surface area contributed by atoms with Crippen molar-refractivity contribution in [3.8, 4) is 0 Å². The molecule has 0 saturated carbocycles. The highest BCUT2D eigenvalue weighted by atomic mass is 16.4. The highest BCUT2D eigenvalue weighted by Crippen LogP contribution is 2.25. The van der Waals surface area contributed by atoms with Crippen molar-refractivity contribution in [2.24, 2.45) is 0 Å². The molecule has 0 aromatic heterocycles. The van der Waals surface area contributed by atoms with Gasteiger partial charge in [-0.25, -0.2) is 0 Å². The first kappa shape index (κ1) is 18.1. The molecule has 138 valence electrons. The van der Waals surface area contributed by atoms with Gasteiger partial charge < -0.3 is 10.0 Å². The van der Waals surface area contributed by atoms with Gasteiger partial charge in [0.2, 0.25) is 5.91 Å². The summed E-state index contributed by atoms with van der Waals surface area (Å²) in [7, 11) is 0. The van der Waals surface area contributed by atoms with Crippen molar-refractivity contribution in [3.05, 3.63) is 34.9 Å². The molecule has 1 unspecified atom stereocenters. The zero-order chi connectivity index (χ0) is 18.8. The summed E-state index contributed by atoms with van der Waals surface area (Å²) in [5.74, 6) is -2.08. The summed E-state index contributed by atoms with van der Waals surface area (Å²) in [5, 5.41) is 8.89. The Hall–Kier alpha value is -2.70. The van der Waals surface area contributed by atoms with E-state index in [1.165, 1.54) is 0 Å². The van der Waals surface area contributed by atoms with Gasteiger partial charge in [-0.15, -0.1) is 0 Å². The maximum absolute atomic E-state index is 12.8. The molecule has 3 amide bonds. The second-order valence-electron chi connectivity index (χ2n) is 6.91. The van der Waals surface area contributed by atoms with Crippen LogP contribution in [-0.2, 0) is 9.59 Å². The fraction of sp³-hybridized carbons (Fsp3) is 0.474. The quantitative estimate of drug-likeness (QED) is 0.811. The normalized spacial score (nSPS) is 19.7. The first-order valence-electron chi connectivity index (χ1n) is 8.86. The number of aliphatic carboxylic acids is 1. The van der Waals surface area contributed by atoms with Gasteiger partial charge >= 0.3 is 5.97 Å². The average molecular weight is 358 g/mol. The Bertz CT molecular complexity index is 773. The van der Waals surface area contributed by atoms with Gasteiger partial charge in [-0.1, -0.05) is 11.6 Å². The van der Waals surface area contributed by atoms with Crippen molar-refractivity contribution >= 4 is 23.7 Å². The van der Waals surface area contributed by atoms with Crippen molar-refractivity contribution in [2.45, 2.75) is 45.1 Å². The van der Waals surface area contributed by atoms with E-state index in [0.717, 1.165) is 29.7 Å². The Balaban J connectivity index is 1.72. The number of likely N-dealkylation sites (tertiary alicyclic amines) is 1. The molecule has 1 fully saturated rings. The number of aryl methyl sites for hydroxylation is 1. The standard InChI is InChI=1S/C19H22N2O5/c1-12-5-7-14-15(10-12)19(26)21(18(14)25)11-16(22)20-9-3-2-4-13(20)6-8-17(23)24/h5,7,10,13H,2-4,6,8-9,11H2,1H3,(H,23,24). The predicted octanol–water partition coefficient (Wildman–Crippen LogP) is 1.84. The summed E-state index contributed by atoms with van der Waals surface area (Å²) >= 11 is 0. The minimum atomic E-state index is -0.890. The van der Waals surface area contributed by atoms with Gasteiger partial charge in [0.25, 0.3) is 11.8 Å². The Morgan fingerprint density at radius 1 is 1.15 bits per heavy atom. The number of hydrogen-bond acceptors (Lipinski definition) is 4. The van der Waals surface area contributed by atoms with Gasteiger partial charge in [-0.3, -0.25) is 24.1 Å². The summed E-state index contributed by atoms with van der Waals surface area (Å²) in [4.78, 5) is 51.2. The average Bonchev–Trinajstić information content (AvgIpc) is 2.84. The molecule has 0 spiro atoms. The molecule has 3 rings (SSSR count). The van der Waals surface area contributed by atoms with Gasteiger partial charge in [0, 0.05) is 19.0 Å². The molecule has 2 heterocycles. The van der Waals surface area contributed by atoms with Gasteiger partial charge in [0.1, 0.15) is 6.54 Å². The van der Waals surface area contributed by atoms with E-state index in [1.807, 2.05) is 6.92 Å². The van der Waals surface area contributed by atoms with Crippen LogP contribution in [0.2, 0.25) is 0 Å². The van der Waals surface area contributed by atoms with Gasteiger partial charge in [-0.2, -0.15) is 0 Å². The lowest BCUT2D eigenvalue weighted by molar-refractivity contribution is -0.140. The number of nitrogens with zero attached hydrogens (tertiary/aromatic N) is 2. The number of amides is 3. The van der Waals surface area contributed by atoms with Crippen molar-refractivity contribution in [1.29, 1.82) is 0 Å². The van der Waals surface area contributed by atoms with Crippen LogP contribution in [0.5, 0.6) is 0 Å². The number of carboxylic acids is 1. The third kappa shape index (κ3) is 3.47. The molecule has 1 saturated heterocycles. The number of hydrogen-bond donors (Lipinski definition) is 1. The minimum Gasteiger partial charge on any atom is -0.481 e. The number of imide groups is 1. The fourth-order valence-corrected chi connectivity index (χ4v) is 3.69. The molecule has 7 heteroatoms. The SMILES string of the molecule is Cc1ccc2c(c1)C(=O)N(CC(=O)N1CCCCC1CCC(=O)O)C2=O. The van der Waals surface area contributed by atoms with Crippen LogP contribution in [0.1, 0.15) is 58.4 Å². The number of rotatable bonds is 5. The van der Waals surface area contributed by atoms with Crippen LogP contribution >= 0.6 is 0 Å². The first-order valence-corrected chi connectivity index (χ1v) is 8.86. The van der Waals surface area contributed by atoms with Crippen LogP contribution in [-0.4, -0.2) is 57.7 Å². The number of benzene rings is 1. The van der Waals surface area contributed by atoms with Gasteiger partial charge in [0.05, 0.1) is 11.1 Å². The van der Waals surface area contributed by atoms with Crippen LogP contribution in [0.25, 0.3) is 0 Å². The maximum Gasteiger partial charge on any atom is 0.303 e. The highest BCUT2D eigenvalue weighted by Gasteiger charge is 2.38. The topological polar surface area (TPSA) is 95.0 Å². The van der Waals surface area contributed by atoms with Gasteiger partial charge in [0.15, 0.2) is 0 Å². The molecule has 0 bridgehead atoms. The van der Waals surface area contributed by atoms with Crippen LogP contribution in [0.15, 0.2) is 18.2 Å². The van der Waals surface area contributed by atoms with E-state index in [0.29, 0.717) is 24.1 Å². The molecule has 7 nitrogen and oxygen atoms in total. The lowest BCUT2D eigenvalue weighted by Gasteiger charge is -2.36. The van der Waals surface area contributed by atoms with Crippen LogP contribution < -0.4 is 0 Å². The molecule has 1 aromatic rings. The van der Waals surface area contributed by atoms with E-state index in [1.54, 1.807) is 23.1 Å². The van der Waals surface area contributed by atoms with Crippen LogP contribution in [0.3, 0.4) is 0 Å². The summed E-state index contributed by atoms with van der Waals surface area (Å²) < 4.78 is 0. The smallest absolute Gasteiger partial charge is 0.303 e. The lowest BCUT2D eigenvalue weighted by Crippen LogP contribution is -2.49. The third-order valence-electron chi connectivity index (χ3n) is 5.06. The number of carbonyl (C=O) groups excluding carboxylic acids is 3. The molecule has 1 atom stereocenters. The summed E-state index contributed by atoms with van der Waals surface area (Å²) in [6.45, 7) is 2.08. The zero-order valence-electron chi connectivity index (χ0n) is 14.7. The van der Waals surface area contributed by atoms with Crippen molar-refractivity contribution in [3.63, 3.8) is 0 Å². The van der Waals surface area contributed by atoms with E-state index in [9.17, 15) is 19.2 Å². The minimum absolute atomic E-state index is 0.000734. The van der Waals surface area contributed by atoms with Crippen molar-refractivity contribution in [1.82, 2.24) is 9.80 Å². The maximum atomic E-state index is 12.8. The Morgan fingerprint density at radius 2 is 1.88 bits per heavy atom. The fourth-order valence-electron chi connectivity index (χ4n) is 3.69. The summed E-state index contributed by atoms with van der Waals surface area (Å²) in [6.07, 6.45) is 2.93. The molecule has 0 radical (unpaired) electrons. The predicted molar refractivity (Wildman–Crippen MR) is 92.8 cm³/mol. The molecule has 0 aliphatic carbocycles. The molecule has 1 N–H and O–H groups in total. The Kier molecular flexibility index (Phi) is 5.06. The second kappa shape index (κ2) is 7.27. The number of carbonyl (C=O) groups is 4. The van der Waals surface area contributed by atoms with E-state index >= 15 is 0 Å². The molecular formula is C19H22N2O5. The highest BCUT2D eigenvalue weighted by molar-refractivity contribution is 6.22. The Morgan fingerprint density at radius 3 is 2.62 bits per heavy atom. The van der Waals surface area contributed by atoms with E-state index in [-0.39, 0.29) is 24.9 Å². The third-order valence-corrected chi connectivity index (χ3v) is 5.06. The monoisotopic (exact) mass is 358 g/mol. The van der Waals surface area contributed by atoms with Crippen molar-refractivity contribution < 1.29 is 24.3 Å². The van der Waals surface area contributed by atoms with Crippen molar-refractivity contribution in [2.75, 3.05) is 13.1 Å².